The first kappa shape index (κ1) is 18.1. The van der Waals surface area contributed by atoms with Gasteiger partial charge in [-0.2, -0.15) is 0 Å². The van der Waals surface area contributed by atoms with Crippen molar-refractivity contribution in [2.45, 2.75) is 12.2 Å². The van der Waals surface area contributed by atoms with Crippen molar-refractivity contribution < 1.29 is 19.6 Å². The van der Waals surface area contributed by atoms with E-state index in [9.17, 15) is 9.50 Å². The van der Waals surface area contributed by atoms with Crippen LogP contribution >= 0.6 is 0 Å². The normalized spacial score (nSPS) is 18.9. The largest absolute Gasteiger partial charge is 0.507 e. The number of aromatic hydroxyl groups is 1. The van der Waals surface area contributed by atoms with Crippen molar-refractivity contribution in [1.82, 2.24) is 5.32 Å². The van der Waals surface area contributed by atoms with Crippen LogP contribution in [0.4, 0.5) is 4.39 Å². The summed E-state index contributed by atoms with van der Waals surface area (Å²) in [5, 5.41) is 16.0. The van der Waals surface area contributed by atoms with E-state index in [1.54, 1.807) is 25.3 Å². The molecule has 0 saturated carbocycles. The fourth-order valence-corrected chi connectivity index (χ4v) is 3.48. The molecule has 0 fully saturated rings. The number of methoxy groups -OCH3 is 1. The maximum Gasteiger partial charge on any atom is 0.186 e. The van der Waals surface area contributed by atoms with Crippen molar-refractivity contribution in [3.8, 4) is 11.5 Å². The number of hydrogen-bond acceptors (Lipinski definition) is 3. The molecule has 4 nitrogen and oxygen atoms in total. The molecule has 1 aliphatic rings. The first-order chi connectivity index (χ1) is 13.6. The SMILES string of the molecule is COc1ccc(C2=CC(c3ccccc3O)[NH2+]C(c3ccc(F)cc3)N2)cc1. The van der Waals surface area contributed by atoms with Crippen molar-refractivity contribution in [2.75, 3.05) is 7.11 Å². The summed E-state index contributed by atoms with van der Waals surface area (Å²) >= 11 is 0. The summed E-state index contributed by atoms with van der Waals surface area (Å²) in [4.78, 5) is 0. The van der Waals surface area contributed by atoms with Gasteiger partial charge in [0.25, 0.3) is 0 Å². The van der Waals surface area contributed by atoms with Gasteiger partial charge in [-0.15, -0.1) is 0 Å². The standard InChI is InChI=1S/C23H21FN2O2/c1-28-18-12-8-15(9-13-18)20-14-21(19-4-2-3-5-22(19)27)26-23(25-20)16-6-10-17(24)11-7-16/h2-14,21,23,25-27H,1H3/p+1. The Morgan fingerprint density at radius 1 is 0.964 bits per heavy atom. The van der Waals surface area contributed by atoms with Crippen LogP contribution < -0.4 is 15.4 Å². The molecule has 1 heterocycles. The van der Waals surface area contributed by atoms with Crippen molar-refractivity contribution >= 4 is 5.70 Å². The van der Waals surface area contributed by atoms with E-state index in [0.29, 0.717) is 0 Å². The number of quaternary nitrogens is 1. The van der Waals surface area contributed by atoms with Crippen LogP contribution in [0, 0.1) is 5.82 Å². The number of phenolic OH excluding ortho intramolecular Hbond substituents is 1. The predicted molar refractivity (Wildman–Crippen MR) is 106 cm³/mol. The molecule has 0 amide bonds. The summed E-state index contributed by atoms with van der Waals surface area (Å²) in [6, 6.07) is 21.6. The number of nitrogens with two attached hydrogens (primary N) is 1. The lowest BCUT2D eigenvalue weighted by Gasteiger charge is -2.30. The first-order valence-corrected chi connectivity index (χ1v) is 9.15. The Morgan fingerprint density at radius 2 is 1.68 bits per heavy atom. The van der Waals surface area contributed by atoms with Gasteiger partial charge in [-0.1, -0.05) is 12.1 Å². The first-order valence-electron chi connectivity index (χ1n) is 9.15. The number of rotatable bonds is 4. The van der Waals surface area contributed by atoms with Crippen LogP contribution in [0.15, 0.2) is 78.9 Å². The van der Waals surface area contributed by atoms with Gasteiger partial charge in [-0.05, 0) is 66.2 Å². The fraction of sp³-hybridized carbons (Fsp3) is 0.130. The van der Waals surface area contributed by atoms with E-state index in [1.807, 2.05) is 42.5 Å². The summed E-state index contributed by atoms with van der Waals surface area (Å²) in [6.45, 7) is 0. The molecule has 4 N–H and O–H groups in total. The van der Waals surface area contributed by atoms with Crippen LogP contribution in [0.25, 0.3) is 5.70 Å². The second kappa shape index (κ2) is 7.74. The lowest BCUT2D eigenvalue weighted by Crippen LogP contribution is -2.89. The van der Waals surface area contributed by atoms with Gasteiger partial charge in [-0.3, -0.25) is 0 Å². The van der Waals surface area contributed by atoms with E-state index >= 15 is 0 Å². The summed E-state index contributed by atoms with van der Waals surface area (Å²) in [5.41, 5.74) is 3.76. The summed E-state index contributed by atoms with van der Waals surface area (Å²) in [7, 11) is 1.64. The number of ether oxygens (including phenoxy) is 1. The van der Waals surface area contributed by atoms with Gasteiger partial charge in [0.05, 0.1) is 12.7 Å². The maximum absolute atomic E-state index is 13.4. The average molecular weight is 377 g/mol. The molecular formula is C23H22FN2O2+. The van der Waals surface area contributed by atoms with Crippen LogP contribution in [0.3, 0.4) is 0 Å². The topological polar surface area (TPSA) is 58.1 Å². The quantitative estimate of drug-likeness (QED) is 0.652. The molecule has 0 bridgehead atoms. The zero-order valence-electron chi connectivity index (χ0n) is 15.5. The third-order valence-electron chi connectivity index (χ3n) is 4.98. The van der Waals surface area contributed by atoms with E-state index in [2.05, 4.69) is 16.7 Å². The highest BCUT2D eigenvalue weighted by molar-refractivity contribution is 5.66. The van der Waals surface area contributed by atoms with Crippen LogP contribution in [-0.2, 0) is 0 Å². The number of halogens is 1. The third-order valence-corrected chi connectivity index (χ3v) is 4.98. The predicted octanol–water partition coefficient (Wildman–Crippen LogP) is 3.49. The summed E-state index contributed by atoms with van der Waals surface area (Å²) in [5.74, 6) is 0.788. The molecule has 2 unspecified atom stereocenters. The third kappa shape index (κ3) is 3.70. The number of hydrogen-bond donors (Lipinski definition) is 3. The minimum atomic E-state index is -0.261. The molecule has 3 aromatic carbocycles. The Balaban J connectivity index is 1.73. The van der Waals surface area contributed by atoms with Crippen LogP contribution in [0.5, 0.6) is 11.5 Å². The molecule has 0 saturated heterocycles. The van der Waals surface area contributed by atoms with Crippen molar-refractivity contribution in [3.05, 3.63) is 101 Å². The molecule has 2 atom stereocenters. The Hall–Kier alpha value is -3.31. The summed E-state index contributed by atoms with van der Waals surface area (Å²) < 4.78 is 18.6. The molecular weight excluding hydrogens is 355 g/mol. The lowest BCUT2D eigenvalue weighted by molar-refractivity contribution is -0.731. The highest BCUT2D eigenvalue weighted by Gasteiger charge is 2.29. The second-order valence-corrected chi connectivity index (χ2v) is 6.76. The molecule has 142 valence electrons. The van der Waals surface area contributed by atoms with Crippen molar-refractivity contribution in [3.63, 3.8) is 0 Å². The molecule has 0 spiro atoms. The molecule has 5 heteroatoms. The van der Waals surface area contributed by atoms with E-state index in [4.69, 9.17) is 4.74 Å². The number of para-hydroxylation sites is 1. The maximum atomic E-state index is 13.4. The molecule has 3 aromatic rings. The molecule has 0 aliphatic carbocycles. The van der Waals surface area contributed by atoms with Gasteiger partial charge in [0.1, 0.15) is 23.4 Å². The smallest absolute Gasteiger partial charge is 0.186 e. The number of benzene rings is 3. The van der Waals surface area contributed by atoms with Gasteiger partial charge in [0.2, 0.25) is 0 Å². The Morgan fingerprint density at radius 3 is 2.36 bits per heavy atom. The second-order valence-electron chi connectivity index (χ2n) is 6.76. The Labute approximate surface area is 163 Å². The van der Waals surface area contributed by atoms with Gasteiger partial charge in [0.15, 0.2) is 6.17 Å². The van der Waals surface area contributed by atoms with Gasteiger partial charge in [-0.25, -0.2) is 4.39 Å². The Kier molecular flexibility index (Phi) is 5.00. The monoisotopic (exact) mass is 377 g/mol. The van der Waals surface area contributed by atoms with Crippen molar-refractivity contribution in [2.24, 2.45) is 0 Å². The van der Waals surface area contributed by atoms with Crippen LogP contribution in [0.1, 0.15) is 28.9 Å². The molecule has 0 aromatic heterocycles. The van der Waals surface area contributed by atoms with Gasteiger partial charge in [0, 0.05) is 17.3 Å². The van der Waals surface area contributed by atoms with Gasteiger partial charge >= 0.3 is 0 Å². The fourth-order valence-electron chi connectivity index (χ4n) is 3.48. The zero-order valence-corrected chi connectivity index (χ0v) is 15.5. The zero-order chi connectivity index (χ0) is 19.5. The highest BCUT2D eigenvalue weighted by Crippen LogP contribution is 2.29. The van der Waals surface area contributed by atoms with E-state index < -0.39 is 0 Å². The van der Waals surface area contributed by atoms with Crippen LogP contribution in [-0.4, -0.2) is 12.2 Å². The minimum Gasteiger partial charge on any atom is -0.507 e. The lowest BCUT2D eigenvalue weighted by atomic mass is 9.98. The Bertz CT molecular complexity index is 984. The summed E-state index contributed by atoms with van der Waals surface area (Å²) in [6.07, 6.45) is 1.98. The average Bonchev–Trinajstić information content (AvgIpc) is 2.74. The van der Waals surface area contributed by atoms with Crippen molar-refractivity contribution in [1.29, 1.82) is 0 Å². The highest BCUT2D eigenvalue weighted by atomic mass is 19.1. The van der Waals surface area contributed by atoms with Crippen LogP contribution in [0.2, 0.25) is 0 Å². The van der Waals surface area contributed by atoms with E-state index in [-0.39, 0.29) is 23.8 Å². The molecule has 4 rings (SSSR count). The van der Waals surface area contributed by atoms with E-state index in [0.717, 1.165) is 28.1 Å². The van der Waals surface area contributed by atoms with Gasteiger partial charge < -0.3 is 20.5 Å². The molecule has 0 radical (unpaired) electrons. The number of phenols is 1. The minimum absolute atomic E-state index is 0.0883. The van der Waals surface area contributed by atoms with E-state index in [1.165, 1.54) is 12.1 Å². The molecule has 1 aliphatic heterocycles. The molecule has 28 heavy (non-hydrogen) atoms. The number of nitrogens with one attached hydrogen (secondary N) is 1.